The smallest absolute Gasteiger partial charge is 0.307 e. The average Bonchev–Trinajstić information content (AvgIpc) is 3.30. The van der Waals surface area contributed by atoms with Gasteiger partial charge in [-0.15, -0.1) is 0 Å². The number of amides is 1. The molecule has 0 spiro atoms. The molecule has 1 aromatic rings. The van der Waals surface area contributed by atoms with Crippen molar-refractivity contribution in [3.63, 3.8) is 0 Å². The van der Waals surface area contributed by atoms with E-state index >= 15 is 0 Å². The highest BCUT2D eigenvalue weighted by Gasteiger charge is 2.47. The topological polar surface area (TPSA) is 75.6 Å². The van der Waals surface area contributed by atoms with E-state index in [1.807, 2.05) is 0 Å². The second-order valence-electron chi connectivity index (χ2n) is 6.21. The third-order valence-corrected chi connectivity index (χ3v) is 4.62. The van der Waals surface area contributed by atoms with Gasteiger partial charge in [-0.2, -0.15) is 0 Å². The molecule has 0 aromatic heterocycles. The second-order valence-corrected chi connectivity index (χ2v) is 6.21. The van der Waals surface area contributed by atoms with E-state index in [0.717, 1.165) is 43.7 Å². The zero-order valence-electron chi connectivity index (χ0n) is 12.5. The number of carboxylic acid groups (broad SMARTS) is 1. The van der Waals surface area contributed by atoms with Crippen molar-refractivity contribution in [2.75, 3.05) is 18.5 Å². The summed E-state index contributed by atoms with van der Waals surface area (Å²) in [7, 11) is 0. The van der Waals surface area contributed by atoms with Crippen LogP contribution >= 0.6 is 0 Å². The van der Waals surface area contributed by atoms with Crippen molar-refractivity contribution in [3.8, 4) is 0 Å². The lowest BCUT2D eigenvalue weighted by molar-refractivity contribution is -0.136. The molecule has 1 aliphatic carbocycles. The van der Waals surface area contributed by atoms with E-state index in [1.165, 1.54) is 0 Å². The van der Waals surface area contributed by atoms with Gasteiger partial charge in [0.15, 0.2) is 0 Å². The summed E-state index contributed by atoms with van der Waals surface area (Å²) in [6.07, 6.45) is 3.12. The fourth-order valence-corrected chi connectivity index (χ4v) is 3.30. The van der Waals surface area contributed by atoms with E-state index in [4.69, 9.17) is 9.84 Å². The number of aliphatic carboxylic acids is 1. The van der Waals surface area contributed by atoms with Crippen molar-refractivity contribution >= 4 is 17.6 Å². The Hall–Kier alpha value is -1.88. The van der Waals surface area contributed by atoms with Crippen molar-refractivity contribution in [2.24, 2.45) is 17.8 Å². The molecule has 5 nitrogen and oxygen atoms in total. The first kappa shape index (κ1) is 15.0. The molecule has 1 aliphatic heterocycles. The Balaban J connectivity index is 1.51. The van der Waals surface area contributed by atoms with Crippen molar-refractivity contribution < 1.29 is 19.4 Å². The minimum absolute atomic E-state index is 0.00266. The third kappa shape index (κ3) is 3.65. The second kappa shape index (κ2) is 6.48. The first-order valence-corrected chi connectivity index (χ1v) is 7.83. The predicted molar refractivity (Wildman–Crippen MR) is 81.6 cm³/mol. The van der Waals surface area contributed by atoms with Gasteiger partial charge in [-0.3, -0.25) is 9.59 Å². The van der Waals surface area contributed by atoms with Crippen LogP contribution in [0.5, 0.6) is 0 Å². The van der Waals surface area contributed by atoms with E-state index in [0.29, 0.717) is 11.8 Å². The van der Waals surface area contributed by atoms with E-state index in [-0.39, 0.29) is 18.2 Å². The highest BCUT2D eigenvalue weighted by molar-refractivity contribution is 5.94. The van der Waals surface area contributed by atoms with Crippen LogP contribution in [-0.2, 0) is 20.7 Å². The van der Waals surface area contributed by atoms with Crippen LogP contribution in [0.4, 0.5) is 5.69 Å². The molecule has 2 fully saturated rings. The number of rotatable bonds is 5. The van der Waals surface area contributed by atoms with Crippen LogP contribution in [0.3, 0.4) is 0 Å². The SMILES string of the molecule is O=C(O)Cc1ccc(NC(=O)[C@@H]2C[C@H]2C2CCOCC2)cc1. The van der Waals surface area contributed by atoms with Crippen LogP contribution in [0.2, 0.25) is 0 Å². The van der Waals surface area contributed by atoms with Gasteiger partial charge >= 0.3 is 5.97 Å². The van der Waals surface area contributed by atoms with Gasteiger partial charge < -0.3 is 15.2 Å². The number of carbonyl (C=O) groups is 2. The van der Waals surface area contributed by atoms with Gasteiger partial charge in [-0.25, -0.2) is 0 Å². The monoisotopic (exact) mass is 303 g/mol. The molecular formula is C17H21NO4. The van der Waals surface area contributed by atoms with Gasteiger partial charge in [-0.05, 0) is 48.8 Å². The molecule has 0 bridgehead atoms. The molecule has 3 rings (SSSR count). The molecule has 5 heteroatoms. The van der Waals surface area contributed by atoms with E-state index in [1.54, 1.807) is 24.3 Å². The van der Waals surface area contributed by atoms with E-state index < -0.39 is 5.97 Å². The highest BCUT2D eigenvalue weighted by Crippen LogP contribution is 2.48. The predicted octanol–water partition coefficient (Wildman–Crippen LogP) is 2.31. The van der Waals surface area contributed by atoms with Gasteiger partial charge in [0, 0.05) is 24.8 Å². The first-order valence-electron chi connectivity index (χ1n) is 7.83. The third-order valence-electron chi connectivity index (χ3n) is 4.62. The van der Waals surface area contributed by atoms with Crippen molar-refractivity contribution in [1.29, 1.82) is 0 Å². The summed E-state index contributed by atoms with van der Waals surface area (Å²) in [4.78, 5) is 22.9. The summed E-state index contributed by atoms with van der Waals surface area (Å²) in [6.45, 7) is 1.64. The molecule has 22 heavy (non-hydrogen) atoms. The van der Waals surface area contributed by atoms with Crippen LogP contribution in [0.1, 0.15) is 24.8 Å². The summed E-state index contributed by atoms with van der Waals surface area (Å²) in [5.41, 5.74) is 1.47. The minimum Gasteiger partial charge on any atom is -0.481 e. The Morgan fingerprint density at radius 2 is 1.86 bits per heavy atom. The molecule has 0 radical (unpaired) electrons. The molecule has 1 saturated heterocycles. The number of nitrogens with one attached hydrogen (secondary N) is 1. The standard InChI is InChI=1S/C17H21NO4/c19-16(20)9-11-1-3-13(4-2-11)18-17(21)15-10-14(15)12-5-7-22-8-6-12/h1-4,12,14-15H,5-10H2,(H,18,21)(H,19,20)/t14-,15+/m0/s1. The van der Waals surface area contributed by atoms with Gasteiger partial charge in [-0.1, -0.05) is 12.1 Å². The fourth-order valence-electron chi connectivity index (χ4n) is 3.30. The molecule has 1 heterocycles. The van der Waals surface area contributed by atoms with Gasteiger partial charge in [0.1, 0.15) is 0 Å². The molecular weight excluding hydrogens is 282 g/mol. The summed E-state index contributed by atoms with van der Waals surface area (Å²) in [5.74, 6) is 0.496. The Kier molecular flexibility index (Phi) is 4.43. The van der Waals surface area contributed by atoms with Crippen LogP contribution < -0.4 is 5.32 Å². The molecule has 1 saturated carbocycles. The number of anilines is 1. The number of hydrogen-bond donors (Lipinski definition) is 2. The number of hydrogen-bond acceptors (Lipinski definition) is 3. The molecule has 1 aromatic carbocycles. The Bertz CT molecular complexity index is 548. The summed E-state index contributed by atoms with van der Waals surface area (Å²) >= 11 is 0. The maximum absolute atomic E-state index is 12.3. The molecule has 2 N–H and O–H groups in total. The summed E-state index contributed by atoms with van der Waals surface area (Å²) < 4.78 is 5.37. The van der Waals surface area contributed by atoms with Crippen LogP contribution in [0.25, 0.3) is 0 Å². The summed E-state index contributed by atoms with van der Waals surface area (Å²) in [6, 6.07) is 7.02. The maximum Gasteiger partial charge on any atom is 0.307 e. The summed E-state index contributed by atoms with van der Waals surface area (Å²) in [5, 5.41) is 11.7. The zero-order valence-corrected chi connectivity index (χ0v) is 12.5. The largest absolute Gasteiger partial charge is 0.481 e. The quantitative estimate of drug-likeness (QED) is 0.875. The maximum atomic E-state index is 12.3. The minimum atomic E-state index is -0.853. The lowest BCUT2D eigenvalue weighted by Crippen LogP contribution is -2.21. The highest BCUT2D eigenvalue weighted by atomic mass is 16.5. The molecule has 0 unspecified atom stereocenters. The Morgan fingerprint density at radius 3 is 2.50 bits per heavy atom. The number of carbonyl (C=O) groups excluding carboxylic acids is 1. The molecule has 118 valence electrons. The molecule has 2 aliphatic rings. The first-order chi connectivity index (χ1) is 10.6. The van der Waals surface area contributed by atoms with Crippen molar-refractivity contribution in [3.05, 3.63) is 29.8 Å². The molecule has 2 atom stereocenters. The Labute approximate surface area is 129 Å². The van der Waals surface area contributed by atoms with Crippen molar-refractivity contribution in [1.82, 2.24) is 0 Å². The number of benzene rings is 1. The van der Waals surface area contributed by atoms with Crippen LogP contribution in [0, 0.1) is 17.8 Å². The van der Waals surface area contributed by atoms with E-state index in [2.05, 4.69) is 5.32 Å². The van der Waals surface area contributed by atoms with Crippen LogP contribution in [-0.4, -0.2) is 30.2 Å². The van der Waals surface area contributed by atoms with Crippen LogP contribution in [0.15, 0.2) is 24.3 Å². The van der Waals surface area contributed by atoms with Crippen molar-refractivity contribution in [2.45, 2.75) is 25.7 Å². The normalized spacial score (nSPS) is 24.7. The van der Waals surface area contributed by atoms with Gasteiger partial charge in [0.25, 0.3) is 0 Å². The average molecular weight is 303 g/mol. The Morgan fingerprint density at radius 1 is 1.18 bits per heavy atom. The van der Waals surface area contributed by atoms with E-state index in [9.17, 15) is 9.59 Å². The number of ether oxygens (including phenoxy) is 1. The van der Waals surface area contributed by atoms with Gasteiger partial charge in [0.2, 0.25) is 5.91 Å². The van der Waals surface area contributed by atoms with Gasteiger partial charge in [0.05, 0.1) is 6.42 Å². The zero-order chi connectivity index (χ0) is 15.5. The molecule has 1 amide bonds. The lowest BCUT2D eigenvalue weighted by atomic mass is 9.93. The lowest BCUT2D eigenvalue weighted by Gasteiger charge is -2.21. The fraction of sp³-hybridized carbons (Fsp3) is 0.529. The number of carboxylic acids is 1.